The molecule has 0 fully saturated rings. The summed E-state index contributed by atoms with van der Waals surface area (Å²) < 4.78 is 3.23. The van der Waals surface area contributed by atoms with Crippen LogP contribution in [-0.4, -0.2) is 9.55 Å². The van der Waals surface area contributed by atoms with Crippen LogP contribution in [0.3, 0.4) is 0 Å². The molecule has 0 amide bonds. The summed E-state index contributed by atoms with van der Waals surface area (Å²) in [6.45, 7) is 2.64. The Balaban J connectivity index is 2.26. The highest BCUT2D eigenvalue weighted by Gasteiger charge is 2.13. The van der Waals surface area contributed by atoms with Crippen molar-refractivity contribution in [3.63, 3.8) is 0 Å². The molecule has 102 valence electrons. The molecule has 4 heteroatoms. The summed E-state index contributed by atoms with van der Waals surface area (Å²) >= 11 is 3.58. The molecule has 0 atom stereocenters. The summed E-state index contributed by atoms with van der Waals surface area (Å²) in [6.07, 6.45) is 0. The van der Waals surface area contributed by atoms with Gasteiger partial charge in [0.1, 0.15) is 5.82 Å². The van der Waals surface area contributed by atoms with Gasteiger partial charge >= 0.3 is 0 Å². The molecule has 1 heterocycles. The Labute approximate surface area is 126 Å². The lowest BCUT2D eigenvalue weighted by Gasteiger charge is -2.07. The molecular formula is C16H16BrN3. The molecule has 0 aliphatic rings. The molecule has 0 spiro atoms. The minimum atomic E-state index is 0.539. The number of hydrogen-bond acceptors (Lipinski definition) is 2. The van der Waals surface area contributed by atoms with Crippen LogP contribution in [0.4, 0.5) is 0 Å². The van der Waals surface area contributed by atoms with E-state index in [0.29, 0.717) is 6.54 Å². The standard InChI is InChI=1S/C16H16BrN3/c1-10-12(4-3-5-13(10)17)16-19-14-8-11(9-18)6-7-15(14)20(16)2/h3-8H,9,18H2,1-2H3. The molecule has 20 heavy (non-hydrogen) atoms. The first kappa shape index (κ1) is 13.3. The minimum Gasteiger partial charge on any atom is -0.327 e. The van der Waals surface area contributed by atoms with Gasteiger partial charge in [0.25, 0.3) is 0 Å². The van der Waals surface area contributed by atoms with Crippen LogP contribution < -0.4 is 5.73 Å². The number of nitrogens with two attached hydrogens (primary N) is 1. The van der Waals surface area contributed by atoms with E-state index in [1.165, 1.54) is 5.56 Å². The highest BCUT2D eigenvalue weighted by Crippen LogP contribution is 2.30. The van der Waals surface area contributed by atoms with Gasteiger partial charge in [-0.1, -0.05) is 34.1 Å². The molecule has 0 bridgehead atoms. The fraction of sp³-hybridized carbons (Fsp3) is 0.188. The van der Waals surface area contributed by atoms with Crippen molar-refractivity contribution >= 4 is 27.0 Å². The van der Waals surface area contributed by atoms with Gasteiger partial charge in [0.15, 0.2) is 0 Å². The molecule has 2 N–H and O–H groups in total. The predicted molar refractivity (Wildman–Crippen MR) is 86.5 cm³/mol. The van der Waals surface area contributed by atoms with Crippen molar-refractivity contribution in [1.29, 1.82) is 0 Å². The topological polar surface area (TPSA) is 43.8 Å². The van der Waals surface area contributed by atoms with Gasteiger partial charge in [-0.3, -0.25) is 0 Å². The molecule has 0 aliphatic carbocycles. The predicted octanol–water partition coefficient (Wildman–Crippen LogP) is 3.77. The molecule has 0 radical (unpaired) electrons. The number of fused-ring (bicyclic) bond motifs is 1. The van der Waals surface area contributed by atoms with E-state index in [4.69, 9.17) is 10.7 Å². The number of aryl methyl sites for hydroxylation is 1. The van der Waals surface area contributed by atoms with Crippen molar-refractivity contribution in [2.24, 2.45) is 12.8 Å². The van der Waals surface area contributed by atoms with Crippen LogP contribution in [0.5, 0.6) is 0 Å². The fourth-order valence-electron chi connectivity index (χ4n) is 2.46. The Morgan fingerprint density at radius 2 is 2.05 bits per heavy atom. The number of rotatable bonds is 2. The lowest BCUT2D eigenvalue weighted by atomic mass is 10.1. The molecule has 3 nitrogen and oxygen atoms in total. The Morgan fingerprint density at radius 1 is 1.25 bits per heavy atom. The van der Waals surface area contributed by atoms with E-state index in [0.717, 1.165) is 32.5 Å². The van der Waals surface area contributed by atoms with Gasteiger partial charge in [-0.15, -0.1) is 0 Å². The van der Waals surface area contributed by atoms with Crippen LogP contribution >= 0.6 is 15.9 Å². The molecule has 0 saturated heterocycles. The second kappa shape index (κ2) is 5.04. The lowest BCUT2D eigenvalue weighted by molar-refractivity contribution is 0.956. The molecule has 2 aromatic carbocycles. The number of nitrogens with zero attached hydrogens (tertiary/aromatic N) is 2. The van der Waals surface area contributed by atoms with Crippen LogP contribution in [0, 0.1) is 6.92 Å². The third-order valence-electron chi connectivity index (χ3n) is 3.69. The number of halogens is 1. The van der Waals surface area contributed by atoms with Crippen molar-refractivity contribution in [3.05, 3.63) is 52.0 Å². The number of hydrogen-bond donors (Lipinski definition) is 1. The second-order valence-electron chi connectivity index (χ2n) is 4.93. The van der Waals surface area contributed by atoms with Crippen molar-refractivity contribution in [1.82, 2.24) is 9.55 Å². The number of imidazole rings is 1. The highest BCUT2D eigenvalue weighted by atomic mass is 79.9. The smallest absolute Gasteiger partial charge is 0.141 e. The summed E-state index contributed by atoms with van der Waals surface area (Å²) in [6, 6.07) is 12.4. The zero-order chi connectivity index (χ0) is 14.3. The molecule has 0 aliphatic heterocycles. The average molecular weight is 330 g/mol. The Morgan fingerprint density at radius 3 is 2.80 bits per heavy atom. The Hall–Kier alpha value is -1.65. The molecule has 3 aromatic rings. The fourth-order valence-corrected chi connectivity index (χ4v) is 2.83. The van der Waals surface area contributed by atoms with Gasteiger partial charge in [-0.05, 0) is 36.2 Å². The van der Waals surface area contributed by atoms with Gasteiger partial charge in [0.05, 0.1) is 11.0 Å². The van der Waals surface area contributed by atoms with Crippen LogP contribution in [0.25, 0.3) is 22.4 Å². The van der Waals surface area contributed by atoms with Gasteiger partial charge in [-0.25, -0.2) is 4.98 Å². The maximum atomic E-state index is 5.70. The van der Waals surface area contributed by atoms with E-state index in [1.54, 1.807) is 0 Å². The van der Waals surface area contributed by atoms with E-state index in [9.17, 15) is 0 Å². The van der Waals surface area contributed by atoms with Crippen molar-refractivity contribution in [2.45, 2.75) is 13.5 Å². The zero-order valence-electron chi connectivity index (χ0n) is 11.5. The minimum absolute atomic E-state index is 0.539. The van der Waals surface area contributed by atoms with Gasteiger partial charge in [0, 0.05) is 23.6 Å². The molecule has 3 rings (SSSR count). The average Bonchev–Trinajstić information content (AvgIpc) is 2.78. The summed E-state index contributed by atoms with van der Waals surface area (Å²) in [5.41, 5.74) is 11.3. The lowest BCUT2D eigenvalue weighted by Crippen LogP contribution is -1.96. The van der Waals surface area contributed by atoms with Crippen LogP contribution in [0.15, 0.2) is 40.9 Å². The maximum absolute atomic E-state index is 5.70. The third kappa shape index (κ3) is 2.05. The van der Waals surface area contributed by atoms with E-state index >= 15 is 0 Å². The van der Waals surface area contributed by atoms with E-state index in [2.05, 4.69) is 51.7 Å². The molecule has 0 unspecified atom stereocenters. The maximum Gasteiger partial charge on any atom is 0.141 e. The van der Waals surface area contributed by atoms with E-state index in [-0.39, 0.29) is 0 Å². The van der Waals surface area contributed by atoms with Crippen molar-refractivity contribution in [2.75, 3.05) is 0 Å². The Bertz CT molecular complexity index is 790. The van der Waals surface area contributed by atoms with Crippen LogP contribution in [0.2, 0.25) is 0 Å². The second-order valence-corrected chi connectivity index (χ2v) is 5.79. The van der Waals surface area contributed by atoms with Crippen LogP contribution in [-0.2, 0) is 13.6 Å². The first-order valence-corrected chi connectivity index (χ1v) is 7.32. The first-order valence-electron chi connectivity index (χ1n) is 6.52. The first-order chi connectivity index (χ1) is 9.61. The van der Waals surface area contributed by atoms with Gasteiger partial charge in [-0.2, -0.15) is 0 Å². The summed E-state index contributed by atoms with van der Waals surface area (Å²) in [5, 5.41) is 0. The normalized spacial score (nSPS) is 11.2. The largest absolute Gasteiger partial charge is 0.327 e. The van der Waals surface area contributed by atoms with Crippen molar-refractivity contribution in [3.8, 4) is 11.4 Å². The summed E-state index contributed by atoms with van der Waals surface area (Å²) in [4.78, 5) is 4.78. The summed E-state index contributed by atoms with van der Waals surface area (Å²) in [5.74, 6) is 0.980. The summed E-state index contributed by atoms with van der Waals surface area (Å²) in [7, 11) is 2.05. The van der Waals surface area contributed by atoms with Gasteiger partial charge < -0.3 is 10.3 Å². The zero-order valence-corrected chi connectivity index (χ0v) is 13.1. The van der Waals surface area contributed by atoms with E-state index < -0.39 is 0 Å². The van der Waals surface area contributed by atoms with Gasteiger partial charge in [0.2, 0.25) is 0 Å². The number of benzene rings is 2. The van der Waals surface area contributed by atoms with E-state index in [1.807, 2.05) is 19.2 Å². The quantitative estimate of drug-likeness (QED) is 0.777. The molecule has 1 aromatic heterocycles. The Kier molecular flexibility index (Phi) is 3.36. The monoisotopic (exact) mass is 329 g/mol. The third-order valence-corrected chi connectivity index (χ3v) is 4.55. The molecular weight excluding hydrogens is 314 g/mol. The van der Waals surface area contributed by atoms with Crippen LogP contribution in [0.1, 0.15) is 11.1 Å². The highest BCUT2D eigenvalue weighted by molar-refractivity contribution is 9.10. The molecule has 0 saturated carbocycles. The van der Waals surface area contributed by atoms with Crippen molar-refractivity contribution < 1.29 is 0 Å². The number of aromatic nitrogens is 2. The SMILES string of the molecule is Cc1c(Br)cccc1-c1nc2cc(CN)ccc2n1C.